The van der Waals surface area contributed by atoms with E-state index in [-0.39, 0.29) is 17.9 Å². The molecule has 3 nitrogen and oxygen atoms in total. The van der Waals surface area contributed by atoms with E-state index in [0.717, 1.165) is 24.2 Å². The van der Waals surface area contributed by atoms with Crippen molar-refractivity contribution < 1.29 is 9.53 Å². The summed E-state index contributed by atoms with van der Waals surface area (Å²) in [4.78, 5) is 12.1. The fourth-order valence-electron chi connectivity index (χ4n) is 3.36. The third kappa shape index (κ3) is 3.94. The van der Waals surface area contributed by atoms with E-state index in [9.17, 15) is 4.79 Å². The van der Waals surface area contributed by atoms with Crippen LogP contribution in [0.2, 0.25) is 0 Å². The molecule has 4 heteroatoms. The van der Waals surface area contributed by atoms with Crippen molar-refractivity contribution in [1.29, 1.82) is 0 Å². The number of benzene rings is 1. The minimum absolute atomic E-state index is 0.0481. The van der Waals surface area contributed by atoms with Gasteiger partial charge in [0.15, 0.2) is 6.61 Å². The number of rotatable bonds is 6. The summed E-state index contributed by atoms with van der Waals surface area (Å²) in [5, 5.41) is 7.43. The lowest BCUT2D eigenvalue weighted by Gasteiger charge is -2.28. The summed E-state index contributed by atoms with van der Waals surface area (Å²) in [5.41, 5.74) is 2.63. The van der Waals surface area contributed by atoms with Gasteiger partial charge in [0.2, 0.25) is 0 Å². The number of hydrogen-bond donors (Lipinski definition) is 1. The van der Waals surface area contributed by atoms with E-state index in [1.165, 1.54) is 18.4 Å². The van der Waals surface area contributed by atoms with Crippen molar-refractivity contribution in [3.8, 4) is 5.75 Å². The van der Waals surface area contributed by atoms with Gasteiger partial charge in [-0.25, -0.2) is 0 Å². The molecule has 0 spiro atoms. The van der Waals surface area contributed by atoms with Crippen LogP contribution in [0.1, 0.15) is 36.8 Å². The topological polar surface area (TPSA) is 38.3 Å². The van der Waals surface area contributed by atoms with Crippen LogP contribution in [0, 0.1) is 6.92 Å². The van der Waals surface area contributed by atoms with Crippen molar-refractivity contribution in [1.82, 2.24) is 5.32 Å². The van der Waals surface area contributed by atoms with Gasteiger partial charge >= 0.3 is 0 Å². The molecule has 1 aliphatic carbocycles. The standard InChI is InChI=1S/C19H23NO2S/c1-15-5-4-6-17(11-15)22-12-18(21)20-14-19(8-2-3-9-19)16-7-10-23-13-16/h4-7,10-11,13H,2-3,8-9,12,14H2,1H3,(H,20,21). The first kappa shape index (κ1) is 16.1. The Bertz CT molecular complexity index is 645. The number of thiophene rings is 1. The molecule has 0 saturated heterocycles. The van der Waals surface area contributed by atoms with Crippen molar-refractivity contribution in [3.63, 3.8) is 0 Å². The van der Waals surface area contributed by atoms with Crippen molar-refractivity contribution in [2.45, 2.75) is 38.0 Å². The summed E-state index contributed by atoms with van der Waals surface area (Å²) in [5.74, 6) is 0.696. The molecule has 1 heterocycles. The van der Waals surface area contributed by atoms with Gasteiger partial charge in [0.05, 0.1) is 0 Å². The van der Waals surface area contributed by atoms with Crippen LogP contribution in [0.5, 0.6) is 5.75 Å². The SMILES string of the molecule is Cc1cccc(OCC(=O)NCC2(c3ccsc3)CCCC2)c1. The molecule has 0 bridgehead atoms. The summed E-state index contributed by atoms with van der Waals surface area (Å²) in [7, 11) is 0. The average molecular weight is 329 g/mol. The predicted molar refractivity (Wildman–Crippen MR) is 94.1 cm³/mol. The molecular formula is C19H23NO2S. The zero-order chi connectivity index (χ0) is 16.1. The maximum atomic E-state index is 12.1. The second-order valence-corrected chi connectivity index (χ2v) is 7.16. The first-order valence-corrected chi connectivity index (χ1v) is 9.11. The van der Waals surface area contributed by atoms with E-state index < -0.39 is 0 Å². The molecule has 1 aromatic carbocycles. The summed E-state index contributed by atoms with van der Waals surface area (Å²) in [6.07, 6.45) is 4.79. The van der Waals surface area contributed by atoms with Crippen LogP contribution in [-0.2, 0) is 10.2 Å². The molecule has 1 aliphatic rings. The van der Waals surface area contributed by atoms with Crippen molar-refractivity contribution in [2.75, 3.05) is 13.2 Å². The summed E-state index contributed by atoms with van der Waals surface area (Å²) < 4.78 is 5.58. The molecule has 1 fully saturated rings. The third-order valence-corrected chi connectivity index (χ3v) is 5.36. The Morgan fingerprint density at radius 1 is 1.30 bits per heavy atom. The molecule has 1 saturated carbocycles. The van der Waals surface area contributed by atoms with Crippen LogP contribution in [-0.4, -0.2) is 19.1 Å². The Morgan fingerprint density at radius 3 is 2.83 bits per heavy atom. The van der Waals surface area contributed by atoms with E-state index in [1.807, 2.05) is 31.2 Å². The summed E-state index contributed by atoms with van der Waals surface area (Å²) >= 11 is 1.73. The monoisotopic (exact) mass is 329 g/mol. The lowest BCUT2D eigenvalue weighted by Crippen LogP contribution is -2.40. The Balaban J connectivity index is 1.53. The molecule has 1 aromatic heterocycles. The molecule has 23 heavy (non-hydrogen) atoms. The maximum absolute atomic E-state index is 12.1. The molecule has 2 aromatic rings. The van der Waals surface area contributed by atoms with Gasteiger partial charge in [-0.05, 0) is 59.9 Å². The zero-order valence-corrected chi connectivity index (χ0v) is 14.3. The number of carbonyl (C=O) groups excluding carboxylic acids is 1. The second-order valence-electron chi connectivity index (χ2n) is 6.38. The van der Waals surface area contributed by atoms with Gasteiger partial charge < -0.3 is 10.1 Å². The summed E-state index contributed by atoms with van der Waals surface area (Å²) in [6.45, 7) is 2.79. The molecule has 0 unspecified atom stereocenters. The highest BCUT2D eigenvalue weighted by atomic mass is 32.1. The van der Waals surface area contributed by atoms with Gasteiger partial charge in [0.1, 0.15) is 5.75 Å². The lowest BCUT2D eigenvalue weighted by molar-refractivity contribution is -0.123. The first-order chi connectivity index (χ1) is 11.2. The maximum Gasteiger partial charge on any atom is 0.257 e. The van der Waals surface area contributed by atoms with Gasteiger partial charge in [0, 0.05) is 12.0 Å². The van der Waals surface area contributed by atoms with Crippen molar-refractivity contribution in [3.05, 3.63) is 52.2 Å². The lowest BCUT2D eigenvalue weighted by atomic mass is 9.80. The molecule has 1 amide bonds. The van der Waals surface area contributed by atoms with Crippen LogP contribution in [0.3, 0.4) is 0 Å². The quantitative estimate of drug-likeness (QED) is 0.868. The van der Waals surface area contributed by atoms with Gasteiger partial charge in [0.25, 0.3) is 5.91 Å². The zero-order valence-electron chi connectivity index (χ0n) is 13.5. The molecule has 3 rings (SSSR count). The van der Waals surface area contributed by atoms with Crippen LogP contribution in [0.25, 0.3) is 0 Å². The smallest absolute Gasteiger partial charge is 0.257 e. The van der Waals surface area contributed by atoms with E-state index in [4.69, 9.17) is 4.74 Å². The number of carbonyl (C=O) groups is 1. The van der Waals surface area contributed by atoms with Crippen LogP contribution < -0.4 is 10.1 Å². The highest BCUT2D eigenvalue weighted by Crippen LogP contribution is 2.41. The highest BCUT2D eigenvalue weighted by Gasteiger charge is 2.36. The number of ether oxygens (including phenoxy) is 1. The van der Waals surface area contributed by atoms with E-state index in [2.05, 4.69) is 22.1 Å². The minimum Gasteiger partial charge on any atom is -0.484 e. The van der Waals surface area contributed by atoms with Gasteiger partial charge in [-0.2, -0.15) is 11.3 Å². The Kier molecular flexibility index (Phi) is 5.01. The third-order valence-electron chi connectivity index (χ3n) is 4.68. The van der Waals surface area contributed by atoms with Crippen LogP contribution in [0.15, 0.2) is 41.1 Å². The van der Waals surface area contributed by atoms with Gasteiger partial charge in [-0.3, -0.25) is 4.79 Å². The number of amides is 1. The summed E-state index contributed by atoms with van der Waals surface area (Å²) in [6, 6.07) is 9.97. The van der Waals surface area contributed by atoms with Crippen molar-refractivity contribution >= 4 is 17.2 Å². The number of aryl methyl sites for hydroxylation is 1. The van der Waals surface area contributed by atoms with Crippen LogP contribution in [0.4, 0.5) is 0 Å². The fraction of sp³-hybridized carbons (Fsp3) is 0.421. The minimum atomic E-state index is -0.0481. The number of hydrogen-bond acceptors (Lipinski definition) is 3. The normalized spacial score (nSPS) is 16.2. The highest BCUT2D eigenvalue weighted by molar-refractivity contribution is 7.08. The average Bonchev–Trinajstić information content (AvgIpc) is 3.23. The van der Waals surface area contributed by atoms with E-state index in [0.29, 0.717) is 6.54 Å². The Labute approximate surface area is 141 Å². The fourth-order valence-corrected chi connectivity index (χ4v) is 4.14. The largest absolute Gasteiger partial charge is 0.484 e. The van der Waals surface area contributed by atoms with Crippen LogP contribution >= 0.6 is 11.3 Å². The Hall–Kier alpha value is -1.81. The van der Waals surface area contributed by atoms with E-state index >= 15 is 0 Å². The molecule has 122 valence electrons. The Morgan fingerprint density at radius 2 is 2.13 bits per heavy atom. The molecule has 1 N–H and O–H groups in total. The van der Waals surface area contributed by atoms with E-state index in [1.54, 1.807) is 11.3 Å². The molecule has 0 aliphatic heterocycles. The van der Waals surface area contributed by atoms with Gasteiger partial charge in [-0.15, -0.1) is 0 Å². The first-order valence-electron chi connectivity index (χ1n) is 8.17. The molecular weight excluding hydrogens is 306 g/mol. The van der Waals surface area contributed by atoms with Gasteiger partial charge in [-0.1, -0.05) is 25.0 Å². The molecule has 0 atom stereocenters. The predicted octanol–water partition coefficient (Wildman–Crippen LogP) is 4.06. The number of nitrogens with one attached hydrogen (secondary N) is 1. The molecule has 0 radical (unpaired) electrons. The second kappa shape index (κ2) is 7.18. The van der Waals surface area contributed by atoms with Crippen molar-refractivity contribution in [2.24, 2.45) is 0 Å².